The van der Waals surface area contributed by atoms with Crippen LogP contribution in [0.25, 0.3) is 0 Å². The molecule has 1 unspecified atom stereocenters. The molecule has 1 aliphatic carbocycles. The molecule has 2 heteroatoms. The zero-order valence-corrected chi connectivity index (χ0v) is 10.8. The normalized spacial score (nSPS) is 17.4. The molecule has 0 bridgehead atoms. The fraction of sp³-hybridized carbons (Fsp3) is 0.600. The molecule has 17 heavy (non-hydrogen) atoms. The highest BCUT2D eigenvalue weighted by molar-refractivity contribution is 5.27. The molecule has 1 saturated carbocycles. The van der Waals surface area contributed by atoms with Crippen molar-refractivity contribution in [2.75, 3.05) is 6.61 Å². The van der Waals surface area contributed by atoms with Crippen LogP contribution in [0, 0.1) is 5.92 Å². The highest BCUT2D eigenvalue weighted by atomic mass is 16.3. The van der Waals surface area contributed by atoms with Gasteiger partial charge in [-0.25, -0.2) is 0 Å². The van der Waals surface area contributed by atoms with E-state index in [0.717, 1.165) is 12.5 Å². The molecule has 1 fully saturated rings. The molecular formula is C15H23NO. The lowest BCUT2D eigenvalue weighted by Crippen LogP contribution is -2.36. The topological polar surface area (TPSA) is 32.3 Å². The van der Waals surface area contributed by atoms with E-state index in [1.807, 2.05) is 0 Å². The Morgan fingerprint density at radius 1 is 1.24 bits per heavy atom. The van der Waals surface area contributed by atoms with Crippen LogP contribution in [0.3, 0.4) is 0 Å². The number of nitrogens with one attached hydrogen (secondary N) is 1. The summed E-state index contributed by atoms with van der Waals surface area (Å²) in [4.78, 5) is 0. The van der Waals surface area contributed by atoms with Crippen molar-refractivity contribution in [2.45, 2.75) is 45.2 Å². The molecule has 0 saturated heterocycles. The Bertz CT molecular complexity index is 340. The van der Waals surface area contributed by atoms with Gasteiger partial charge in [0.15, 0.2) is 0 Å². The molecule has 0 amide bonds. The number of aliphatic hydroxyl groups excluding tert-OH is 1. The lowest BCUT2D eigenvalue weighted by molar-refractivity contribution is 0.210. The average Bonchev–Trinajstić information content (AvgIpc) is 3.14. The number of hydrogen-bond donors (Lipinski definition) is 2. The van der Waals surface area contributed by atoms with Crippen LogP contribution in [0.5, 0.6) is 0 Å². The summed E-state index contributed by atoms with van der Waals surface area (Å²) >= 11 is 0. The molecule has 2 rings (SSSR count). The van der Waals surface area contributed by atoms with Crippen LogP contribution in [-0.2, 0) is 6.54 Å². The fourth-order valence-electron chi connectivity index (χ4n) is 2.08. The summed E-state index contributed by atoms with van der Waals surface area (Å²) in [6.45, 7) is 5.31. The summed E-state index contributed by atoms with van der Waals surface area (Å²) in [5.74, 6) is 1.30. The third-order valence-electron chi connectivity index (χ3n) is 3.60. The first kappa shape index (κ1) is 12.6. The Labute approximate surface area is 104 Å². The summed E-state index contributed by atoms with van der Waals surface area (Å²) in [6, 6.07) is 9.10. The first-order valence-corrected chi connectivity index (χ1v) is 6.63. The Hall–Kier alpha value is -0.860. The van der Waals surface area contributed by atoms with Crippen molar-refractivity contribution in [3.05, 3.63) is 35.4 Å². The molecule has 2 N–H and O–H groups in total. The number of hydrogen-bond acceptors (Lipinski definition) is 2. The largest absolute Gasteiger partial charge is 0.395 e. The van der Waals surface area contributed by atoms with Gasteiger partial charge in [0.25, 0.3) is 0 Å². The predicted octanol–water partition coefficient (Wildman–Crippen LogP) is 2.67. The lowest BCUT2D eigenvalue weighted by Gasteiger charge is -2.20. The van der Waals surface area contributed by atoms with Crippen molar-refractivity contribution in [2.24, 2.45) is 5.92 Å². The summed E-state index contributed by atoms with van der Waals surface area (Å²) in [7, 11) is 0. The van der Waals surface area contributed by atoms with Crippen molar-refractivity contribution in [3.8, 4) is 0 Å². The molecule has 94 valence electrons. The van der Waals surface area contributed by atoms with Gasteiger partial charge in [0.2, 0.25) is 0 Å². The van der Waals surface area contributed by atoms with E-state index in [1.54, 1.807) is 0 Å². The molecule has 0 spiro atoms. The van der Waals surface area contributed by atoms with Crippen molar-refractivity contribution in [1.29, 1.82) is 0 Å². The molecule has 0 aliphatic heterocycles. The van der Waals surface area contributed by atoms with Gasteiger partial charge in [0.1, 0.15) is 0 Å². The van der Waals surface area contributed by atoms with Gasteiger partial charge >= 0.3 is 0 Å². The van der Waals surface area contributed by atoms with E-state index in [9.17, 15) is 5.11 Å². The SMILES string of the molecule is CC(C)C(CO)NCc1ccc(C2CC2)cc1. The van der Waals surface area contributed by atoms with E-state index in [0.29, 0.717) is 5.92 Å². The highest BCUT2D eigenvalue weighted by Crippen LogP contribution is 2.39. The highest BCUT2D eigenvalue weighted by Gasteiger charge is 2.22. The first-order valence-electron chi connectivity index (χ1n) is 6.63. The van der Waals surface area contributed by atoms with Crippen LogP contribution in [-0.4, -0.2) is 17.8 Å². The van der Waals surface area contributed by atoms with Crippen LogP contribution < -0.4 is 5.32 Å². The Morgan fingerprint density at radius 2 is 1.88 bits per heavy atom. The number of rotatable bonds is 6. The molecule has 1 aliphatic rings. The van der Waals surface area contributed by atoms with Crippen molar-refractivity contribution < 1.29 is 5.11 Å². The maximum atomic E-state index is 9.24. The molecule has 0 heterocycles. The van der Waals surface area contributed by atoms with Crippen LogP contribution in [0.4, 0.5) is 0 Å². The average molecular weight is 233 g/mol. The second-order valence-electron chi connectivity index (χ2n) is 5.43. The molecule has 0 radical (unpaired) electrons. The van der Waals surface area contributed by atoms with E-state index < -0.39 is 0 Å². The molecular weight excluding hydrogens is 210 g/mol. The molecule has 2 nitrogen and oxygen atoms in total. The van der Waals surface area contributed by atoms with Crippen LogP contribution in [0.2, 0.25) is 0 Å². The third kappa shape index (κ3) is 3.55. The minimum absolute atomic E-state index is 0.193. The quantitative estimate of drug-likeness (QED) is 0.791. The predicted molar refractivity (Wildman–Crippen MR) is 71.0 cm³/mol. The van der Waals surface area contributed by atoms with E-state index in [1.165, 1.54) is 24.0 Å². The first-order chi connectivity index (χ1) is 8.20. The number of aliphatic hydroxyl groups is 1. The fourth-order valence-corrected chi connectivity index (χ4v) is 2.08. The van der Waals surface area contributed by atoms with Gasteiger partial charge in [-0.2, -0.15) is 0 Å². The summed E-state index contributed by atoms with van der Waals surface area (Å²) in [5, 5.41) is 12.6. The maximum Gasteiger partial charge on any atom is 0.0587 e. The molecule has 0 aromatic heterocycles. The second kappa shape index (κ2) is 5.65. The molecule has 1 aromatic rings. The minimum atomic E-state index is 0.193. The van der Waals surface area contributed by atoms with Crippen molar-refractivity contribution >= 4 is 0 Å². The molecule has 1 aromatic carbocycles. The van der Waals surface area contributed by atoms with Gasteiger partial charge in [-0.3, -0.25) is 0 Å². The minimum Gasteiger partial charge on any atom is -0.395 e. The van der Waals surface area contributed by atoms with E-state index in [-0.39, 0.29) is 12.6 Å². The van der Waals surface area contributed by atoms with Crippen LogP contribution in [0.1, 0.15) is 43.7 Å². The maximum absolute atomic E-state index is 9.24. The van der Waals surface area contributed by atoms with Crippen molar-refractivity contribution in [3.63, 3.8) is 0 Å². The van der Waals surface area contributed by atoms with E-state index in [2.05, 4.69) is 43.4 Å². The standard InChI is InChI=1S/C15H23NO/c1-11(2)15(10-17)16-9-12-3-5-13(6-4-12)14-7-8-14/h3-6,11,14-17H,7-10H2,1-2H3. The van der Waals surface area contributed by atoms with E-state index >= 15 is 0 Å². The van der Waals surface area contributed by atoms with Gasteiger partial charge in [-0.15, -0.1) is 0 Å². The Kier molecular flexibility index (Phi) is 4.19. The monoisotopic (exact) mass is 233 g/mol. The van der Waals surface area contributed by atoms with E-state index in [4.69, 9.17) is 0 Å². The van der Waals surface area contributed by atoms with Gasteiger partial charge in [-0.1, -0.05) is 38.1 Å². The summed E-state index contributed by atoms with van der Waals surface area (Å²) in [5.41, 5.74) is 2.78. The number of benzene rings is 1. The van der Waals surface area contributed by atoms with Gasteiger partial charge in [0.05, 0.1) is 6.61 Å². The third-order valence-corrected chi connectivity index (χ3v) is 3.60. The molecule has 1 atom stereocenters. The smallest absolute Gasteiger partial charge is 0.0587 e. The van der Waals surface area contributed by atoms with Crippen LogP contribution in [0.15, 0.2) is 24.3 Å². The summed E-state index contributed by atoms with van der Waals surface area (Å²) < 4.78 is 0. The zero-order chi connectivity index (χ0) is 12.3. The van der Waals surface area contributed by atoms with Crippen LogP contribution >= 0.6 is 0 Å². The van der Waals surface area contributed by atoms with Crippen molar-refractivity contribution in [1.82, 2.24) is 5.32 Å². The lowest BCUT2D eigenvalue weighted by atomic mass is 10.0. The van der Waals surface area contributed by atoms with Gasteiger partial charge < -0.3 is 10.4 Å². The Balaban J connectivity index is 1.85. The zero-order valence-electron chi connectivity index (χ0n) is 10.8. The summed E-state index contributed by atoms with van der Waals surface area (Å²) in [6.07, 6.45) is 2.72. The van der Waals surface area contributed by atoms with Gasteiger partial charge in [0, 0.05) is 12.6 Å². The Morgan fingerprint density at radius 3 is 2.35 bits per heavy atom. The second-order valence-corrected chi connectivity index (χ2v) is 5.43. The van der Waals surface area contributed by atoms with Gasteiger partial charge in [-0.05, 0) is 35.8 Å².